The summed E-state index contributed by atoms with van der Waals surface area (Å²) in [7, 11) is 0. The Kier molecular flexibility index (Phi) is 5.47. The molecule has 0 fully saturated rings. The predicted molar refractivity (Wildman–Crippen MR) is 182 cm³/mol. The van der Waals surface area contributed by atoms with Crippen LogP contribution >= 0.6 is 0 Å². The van der Waals surface area contributed by atoms with Crippen LogP contribution < -0.4 is 0 Å². The summed E-state index contributed by atoms with van der Waals surface area (Å²) in [5.41, 5.74) is 6.57. The molecule has 0 aliphatic carbocycles. The maximum absolute atomic E-state index is 4.66. The second-order valence-corrected chi connectivity index (χ2v) is 11.1. The lowest BCUT2D eigenvalue weighted by molar-refractivity contribution is 1.07. The second kappa shape index (κ2) is 9.79. The Labute approximate surface area is 254 Å². The molecular weight excluding hydrogens is 536 g/mol. The van der Waals surface area contributed by atoms with Gasteiger partial charge in [0.15, 0.2) is 11.6 Å². The lowest BCUT2D eigenvalue weighted by atomic mass is 9.99. The van der Waals surface area contributed by atoms with Gasteiger partial charge in [-0.05, 0) is 46.5 Å². The van der Waals surface area contributed by atoms with Crippen molar-refractivity contribution in [2.45, 2.75) is 0 Å². The zero-order valence-corrected chi connectivity index (χ0v) is 23.8. The van der Waals surface area contributed by atoms with E-state index in [1.54, 1.807) is 0 Å². The average Bonchev–Trinajstić information content (AvgIpc) is 3.69. The Balaban J connectivity index is 1.28. The summed E-state index contributed by atoms with van der Waals surface area (Å²) in [6, 6.07) is 55.7. The van der Waals surface area contributed by atoms with Gasteiger partial charge < -0.3 is 4.57 Å². The average molecular weight is 563 g/mol. The van der Waals surface area contributed by atoms with Crippen LogP contribution in [0, 0.1) is 0 Å². The van der Waals surface area contributed by atoms with Gasteiger partial charge in [-0.15, -0.1) is 10.2 Å². The Morgan fingerprint density at radius 3 is 1.52 bits per heavy atom. The number of fused-ring (bicyclic) bond motifs is 7. The van der Waals surface area contributed by atoms with E-state index in [4.69, 9.17) is 0 Å². The van der Waals surface area contributed by atoms with Crippen LogP contribution in [-0.4, -0.2) is 19.3 Å². The second-order valence-electron chi connectivity index (χ2n) is 11.1. The molecule has 206 valence electrons. The van der Waals surface area contributed by atoms with Gasteiger partial charge in [-0.2, -0.15) is 0 Å². The molecule has 0 spiro atoms. The van der Waals surface area contributed by atoms with Crippen molar-refractivity contribution in [3.8, 4) is 34.2 Å². The highest BCUT2D eigenvalue weighted by atomic mass is 15.3. The fraction of sp³-hybridized carbons (Fsp3) is 0. The number of nitrogens with zero attached hydrogens (tertiary/aromatic N) is 4. The molecule has 0 saturated carbocycles. The number of hydrogen-bond acceptors (Lipinski definition) is 2. The highest BCUT2D eigenvalue weighted by Crippen LogP contribution is 2.39. The number of benzene rings is 7. The van der Waals surface area contributed by atoms with E-state index in [9.17, 15) is 0 Å². The highest BCUT2D eigenvalue weighted by molar-refractivity contribution is 6.22. The summed E-state index contributed by atoms with van der Waals surface area (Å²) in [5, 5.41) is 16.9. The molecule has 2 aromatic heterocycles. The molecule has 2 heterocycles. The first-order valence-corrected chi connectivity index (χ1v) is 14.9. The predicted octanol–water partition coefficient (Wildman–Crippen LogP) is 10.0. The van der Waals surface area contributed by atoms with Gasteiger partial charge in [0.25, 0.3) is 0 Å². The fourth-order valence-corrected chi connectivity index (χ4v) is 6.64. The molecule has 4 nitrogen and oxygen atoms in total. The van der Waals surface area contributed by atoms with Gasteiger partial charge in [0.2, 0.25) is 0 Å². The zero-order chi connectivity index (χ0) is 29.0. The van der Waals surface area contributed by atoms with Gasteiger partial charge in [-0.1, -0.05) is 127 Å². The minimum absolute atomic E-state index is 0.812. The lowest BCUT2D eigenvalue weighted by Crippen LogP contribution is -2.01. The van der Waals surface area contributed by atoms with Crippen LogP contribution in [0.15, 0.2) is 158 Å². The molecule has 9 rings (SSSR count). The third-order valence-electron chi connectivity index (χ3n) is 8.65. The molecule has 44 heavy (non-hydrogen) atoms. The van der Waals surface area contributed by atoms with Crippen LogP contribution in [-0.2, 0) is 0 Å². The summed E-state index contributed by atoms with van der Waals surface area (Å²) < 4.78 is 4.57. The van der Waals surface area contributed by atoms with Crippen LogP contribution in [0.2, 0.25) is 0 Å². The van der Waals surface area contributed by atoms with Crippen molar-refractivity contribution in [2.24, 2.45) is 0 Å². The summed E-state index contributed by atoms with van der Waals surface area (Å²) in [4.78, 5) is 0. The van der Waals surface area contributed by atoms with Crippen molar-refractivity contribution in [3.05, 3.63) is 158 Å². The van der Waals surface area contributed by atoms with Gasteiger partial charge in [-0.25, -0.2) is 0 Å². The maximum atomic E-state index is 4.66. The monoisotopic (exact) mass is 562 g/mol. The normalized spacial score (nSPS) is 11.6. The topological polar surface area (TPSA) is 35.6 Å². The molecule has 0 aliphatic heterocycles. The molecular formula is C40H26N4. The van der Waals surface area contributed by atoms with E-state index in [0.29, 0.717) is 0 Å². The largest absolute Gasteiger partial charge is 0.309 e. The van der Waals surface area contributed by atoms with Crippen LogP contribution in [0.4, 0.5) is 0 Å². The van der Waals surface area contributed by atoms with Crippen molar-refractivity contribution in [3.63, 3.8) is 0 Å². The quantitative estimate of drug-likeness (QED) is 0.200. The SMILES string of the molecule is c1ccc(-c2nnc(-c3ccccc3)n2-c2ccc(-n3c4ccccc4c4ccc5c6ccccc6ccc5c43)cc2)cc1. The molecule has 7 aromatic carbocycles. The van der Waals surface area contributed by atoms with Gasteiger partial charge in [0, 0.05) is 38.7 Å². The molecule has 0 N–H and O–H groups in total. The summed E-state index contributed by atoms with van der Waals surface area (Å²) >= 11 is 0. The standard InChI is InChI=1S/C40H26N4/c1-3-12-28(13-4-1)39-41-42-40(29-14-5-2-6-15-29)44(39)31-22-20-30(21-23-31)43-37-18-10-9-17-34(37)36-26-25-33-32-16-8-7-11-27(32)19-24-35(33)38(36)43/h1-26H. The first-order chi connectivity index (χ1) is 21.8. The zero-order valence-electron chi connectivity index (χ0n) is 23.8. The minimum atomic E-state index is 0.812. The Morgan fingerprint density at radius 2 is 0.841 bits per heavy atom. The smallest absolute Gasteiger partial charge is 0.168 e. The molecule has 0 bridgehead atoms. The van der Waals surface area contributed by atoms with E-state index in [1.807, 2.05) is 36.4 Å². The summed E-state index contributed by atoms with van der Waals surface area (Å²) in [6.45, 7) is 0. The van der Waals surface area contributed by atoms with Gasteiger partial charge in [0.05, 0.1) is 11.0 Å². The molecule has 4 heteroatoms. The van der Waals surface area contributed by atoms with E-state index in [0.717, 1.165) is 34.2 Å². The molecule has 9 aromatic rings. The van der Waals surface area contributed by atoms with E-state index in [1.165, 1.54) is 43.4 Å². The van der Waals surface area contributed by atoms with Crippen molar-refractivity contribution in [2.75, 3.05) is 0 Å². The van der Waals surface area contributed by atoms with Crippen molar-refractivity contribution >= 4 is 43.4 Å². The van der Waals surface area contributed by atoms with Gasteiger partial charge >= 0.3 is 0 Å². The van der Waals surface area contributed by atoms with Crippen LogP contribution in [0.25, 0.3) is 77.5 Å². The summed E-state index contributed by atoms with van der Waals surface area (Å²) in [5.74, 6) is 1.62. The Bertz CT molecular complexity index is 2410. The number of para-hydroxylation sites is 1. The lowest BCUT2D eigenvalue weighted by Gasteiger charge is -2.14. The Morgan fingerprint density at radius 1 is 0.341 bits per heavy atom. The fourth-order valence-electron chi connectivity index (χ4n) is 6.64. The molecule has 0 saturated heterocycles. The number of hydrogen-bond donors (Lipinski definition) is 0. The first-order valence-electron chi connectivity index (χ1n) is 14.9. The molecule has 0 aliphatic rings. The Hall–Kier alpha value is -6.00. The maximum Gasteiger partial charge on any atom is 0.168 e. The van der Waals surface area contributed by atoms with Gasteiger partial charge in [-0.3, -0.25) is 4.57 Å². The minimum Gasteiger partial charge on any atom is -0.309 e. The first kappa shape index (κ1) is 24.6. The molecule has 0 atom stereocenters. The van der Waals surface area contributed by atoms with E-state index < -0.39 is 0 Å². The third-order valence-corrected chi connectivity index (χ3v) is 8.65. The van der Waals surface area contributed by atoms with Crippen molar-refractivity contribution in [1.29, 1.82) is 0 Å². The van der Waals surface area contributed by atoms with Crippen molar-refractivity contribution < 1.29 is 0 Å². The van der Waals surface area contributed by atoms with Gasteiger partial charge in [0.1, 0.15) is 0 Å². The van der Waals surface area contributed by atoms with Crippen LogP contribution in [0.5, 0.6) is 0 Å². The van der Waals surface area contributed by atoms with E-state index >= 15 is 0 Å². The number of aromatic nitrogens is 4. The highest BCUT2D eigenvalue weighted by Gasteiger charge is 2.19. The third kappa shape index (κ3) is 3.71. The molecule has 0 amide bonds. The van der Waals surface area contributed by atoms with E-state index in [-0.39, 0.29) is 0 Å². The van der Waals surface area contributed by atoms with Crippen LogP contribution in [0.1, 0.15) is 0 Å². The van der Waals surface area contributed by atoms with E-state index in [2.05, 4.69) is 141 Å². The number of rotatable bonds is 4. The van der Waals surface area contributed by atoms with Crippen molar-refractivity contribution in [1.82, 2.24) is 19.3 Å². The van der Waals surface area contributed by atoms with Crippen LogP contribution in [0.3, 0.4) is 0 Å². The molecule has 0 unspecified atom stereocenters. The molecule has 0 radical (unpaired) electrons. The summed E-state index contributed by atoms with van der Waals surface area (Å²) in [6.07, 6.45) is 0.